The minimum atomic E-state index is -4.54. The van der Waals surface area contributed by atoms with Crippen LogP contribution in [0.25, 0.3) is 0 Å². The molecule has 0 bridgehead atoms. The van der Waals surface area contributed by atoms with Gasteiger partial charge in [-0.05, 0) is 49.6 Å². The lowest BCUT2D eigenvalue weighted by Crippen LogP contribution is -2.40. The van der Waals surface area contributed by atoms with Crippen molar-refractivity contribution in [3.8, 4) is 5.75 Å². The van der Waals surface area contributed by atoms with E-state index >= 15 is 0 Å². The van der Waals surface area contributed by atoms with Gasteiger partial charge in [-0.3, -0.25) is 14.9 Å². The summed E-state index contributed by atoms with van der Waals surface area (Å²) in [6.45, 7) is 3.10. The summed E-state index contributed by atoms with van der Waals surface area (Å²) in [7, 11) is 0. The second kappa shape index (κ2) is 10.7. The number of carbonyl (C=O) groups excluding carboxylic acids is 2. The average molecular weight is 530 g/mol. The number of ether oxygens (including phenoxy) is 2. The molecular formula is C27H25F3N2O6. The standard InChI is InChI=1S/C27H25F3N2O6/c1-3-37-26(34)23-15(2)31-19-8-5-9-21(33)25(19)24(23)17-10-11-22(20(13-17)32(35)36)38-14-16-6-4-7-18(12-16)27(28,29)30/h4,6-8,10-13,24-25,31H,3,5,9,14H2,1-2H3. The number of hydrogen-bond acceptors (Lipinski definition) is 7. The number of nitrogens with zero attached hydrogens (tertiary/aromatic N) is 1. The third-order valence-electron chi connectivity index (χ3n) is 6.50. The number of carbonyl (C=O) groups is 2. The number of Topliss-reactive ketones (excluding diaryl/α,β-unsaturated/α-hetero) is 1. The van der Waals surface area contributed by atoms with E-state index in [1.807, 2.05) is 6.08 Å². The van der Waals surface area contributed by atoms with E-state index in [1.165, 1.54) is 30.3 Å². The Kier molecular flexibility index (Phi) is 7.56. The van der Waals surface area contributed by atoms with E-state index in [2.05, 4.69) is 5.32 Å². The first-order valence-corrected chi connectivity index (χ1v) is 12.0. The SMILES string of the molecule is CCOC(=O)C1=C(C)NC2=CCCC(=O)C2C1c1ccc(OCc2cccc(C(F)(F)F)c2)c([N+](=O)[O-])c1. The maximum absolute atomic E-state index is 13.0. The summed E-state index contributed by atoms with van der Waals surface area (Å²) in [5, 5.41) is 15.1. The Morgan fingerprint density at radius 2 is 1.95 bits per heavy atom. The van der Waals surface area contributed by atoms with E-state index in [1.54, 1.807) is 13.8 Å². The first-order chi connectivity index (χ1) is 18.0. The number of nitrogens with one attached hydrogen (secondary N) is 1. The molecule has 2 atom stereocenters. The van der Waals surface area contributed by atoms with Gasteiger partial charge < -0.3 is 14.8 Å². The molecule has 4 rings (SSSR count). The summed E-state index contributed by atoms with van der Waals surface area (Å²) in [6.07, 6.45) is -1.85. The Morgan fingerprint density at radius 3 is 2.63 bits per heavy atom. The van der Waals surface area contributed by atoms with Gasteiger partial charge in [-0.1, -0.05) is 24.3 Å². The van der Waals surface area contributed by atoms with Gasteiger partial charge in [0.15, 0.2) is 5.75 Å². The molecule has 1 aliphatic carbocycles. The zero-order valence-electron chi connectivity index (χ0n) is 20.6. The van der Waals surface area contributed by atoms with E-state index in [0.29, 0.717) is 23.4 Å². The number of halogens is 3. The molecule has 2 aromatic carbocycles. The van der Waals surface area contributed by atoms with Gasteiger partial charge in [0.05, 0.1) is 28.6 Å². The summed E-state index contributed by atoms with van der Waals surface area (Å²) in [5.41, 5.74) is 0.547. The van der Waals surface area contributed by atoms with Gasteiger partial charge in [0.1, 0.15) is 12.4 Å². The number of alkyl halides is 3. The fourth-order valence-corrected chi connectivity index (χ4v) is 4.84. The summed E-state index contributed by atoms with van der Waals surface area (Å²) in [4.78, 5) is 37.2. The molecule has 1 aliphatic heterocycles. The summed E-state index contributed by atoms with van der Waals surface area (Å²) < 4.78 is 49.9. The Balaban J connectivity index is 1.72. The number of rotatable bonds is 7. The maximum Gasteiger partial charge on any atom is 0.416 e. The highest BCUT2D eigenvalue weighted by Gasteiger charge is 2.44. The molecule has 8 nitrogen and oxygen atoms in total. The van der Waals surface area contributed by atoms with Gasteiger partial charge in [-0.15, -0.1) is 0 Å². The van der Waals surface area contributed by atoms with E-state index in [0.717, 1.165) is 12.1 Å². The lowest BCUT2D eigenvalue weighted by molar-refractivity contribution is -0.386. The van der Waals surface area contributed by atoms with Gasteiger partial charge >= 0.3 is 17.8 Å². The minimum Gasteiger partial charge on any atom is -0.482 e. The zero-order valence-corrected chi connectivity index (χ0v) is 20.6. The number of fused-ring (bicyclic) bond motifs is 1. The van der Waals surface area contributed by atoms with Gasteiger partial charge in [0, 0.05) is 29.8 Å². The number of nitro groups is 1. The molecule has 2 aliphatic rings. The van der Waals surface area contributed by atoms with Crippen LogP contribution >= 0.6 is 0 Å². The van der Waals surface area contributed by atoms with Crippen LogP contribution in [0, 0.1) is 16.0 Å². The molecule has 0 radical (unpaired) electrons. The Morgan fingerprint density at radius 1 is 1.18 bits per heavy atom. The normalized spacial score (nSPS) is 19.3. The van der Waals surface area contributed by atoms with Gasteiger partial charge in [-0.25, -0.2) is 4.79 Å². The molecule has 38 heavy (non-hydrogen) atoms. The predicted octanol–water partition coefficient (Wildman–Crippen LogP) is 5.58. The molecule has 2 aromatic rings. The monoisotopic (exact) mass is 530 g/mol. The second-order valence-electron chi connectivity index (χ2n) is 8.98. The van der Waals surface area contributed by atoms with Crippen molar-refractivity contribution in [1.82, 2.24) is 5.32 Å². The topological polar surface area (TPSA) is 108 Å². The fraction of sp³-hybridized carbons (Fsp3) is 0.333. The minimum absolute atomic E-state index is 0.103. The summed E-state index contributed by atoms with van der Waals surface area (Å²) >= 11 is 0. The van der Waals surface area contributed by atoms with Crippen molar-refractivity contribution in [2.45, 2.75) is 45.4 Å². The van der Waals surface area contributed by atoms with Crippen LogP contribution in [0.2, 0.25) is 0 Å². The number of hydrogen-bond donors (Lipinski definition) is 1. The molecule has 0 spiro atoms. The maximum atomic E-state index is 13.0. The van der Waals surface area contributed by atoms with Crippen molar-refractivity contribution in [2.24, 2.45) is 5.92 Å². The second-order valence-corrected chi connectivity index (χ2v) is 8.98. The van der Waals surface area contributed by atoms with Crippen LogP contribution in [0.5, 0.6) is 5.75 Å². The predicted molar refractivity (Wildman–Crippen MR) is 130 cm³/mol. The highest BCUT2D eigenvalue weighted by Crippen LogP contribution is 2.45. The summed E-state index contributed by atoms with van der Waals surface area (Å²) in [5.74, 6) is -2.47. The van der Waals surface area contributed by atoms with Gasteiger partial charge in [-0.2, -0.15) is 13.2 Å². The third kappa shape index (κ3) is 5.41. The molecule has 2 unspecified atom stereocenters. The van der Waals surface area contributed by atoms with Crippen LogP contribution in [-0.2, 0) is 27.1 Å². The van der Waals surface area contributed by atoms with Crippen LogP contribution in [-0.4, -0.2) is 23.3 Å². The van der Waals surface area contributed by atoms with Crippen molar-refractivity contribution in [1.29, 1.82) is 0 Å². The van der Waals surface area contributed by atoms with Crippen molar-refractivity contribution in [2.75, 3.05) is 6.61 Å². The molecule has 0 saturated carbocycles. The highest BCUT2D eigenvalue weighted by atomic mass is 19.4. The van der Waals surface area contributed by atoms with Crippen molar-refractivity contribution in [3.05, 3.63) is 92.3 Å². The lowest BCUT2D eigenvalue weighted by Gasteiger charge is -2.37. The molecule has 0 fully saturated rings. The van der Waals surface area contributed by atoms with E-state index in [4.69, 9.17) is 9.47 Å². The van der Waals surface area contributed by atoms with Gasteiger partial charge in [0.25, 0.3) is 0 Å². The fourth-order valence-electron chi connectivity index (χ4n) is 4.84. The van der Waals surface area contributed by atoms with Crippen LogP contribution in [0.15, 0.2) is 65.5 Å². The van der Waals surface area contributed by atoms with E-state index < -0.39 is 40.2 Å². The van der Waals surface area contributed by atoms with Crippen LogP contribution in [0.4, 0.5) is 18.9 Å². The molecule has 1 heterocycles. The van der Waals surface area contributed by atoms with Crippen molar-refractivity contribution >= 4 is 17.4 Å². The van der Waals surface area contributed by atoms with E-state index in [9.17, 15) is 32.9 Å². The van der Waals surface area contributed by atoms with Crippen molar-refractivity contribution in [3.63, 3.8) is 0 Å². The highest BCUT2D eigenvalue weighted by molar-refractivity contribution is 5.96. The molecule has 0 amide bonds. The Hall–Kier alpha value is -4.15. The first kappa shape index (κ1) is 26.9. The lowest BCUT2D eigenvalue weighted by atomic mass is 9.71. The Labute approximate surface area is 216 Å². The molecule has 0 aromatic heterocycles. The number of allylic oxidation sites excluding steroid dienone is 3. The smallest absolute Gasteiger partial charge is 0.416 e. The van der Waals surface area contributed by atoms with Crippen LogP contribution < -0.4 is 10.1 Å². The average Bonchev–Trinajstić information content (AvgIpc) is 2.86. The molecule has 0 saturated heterocycles. The third-order valence-corrected chi connectivity index (χ3v) is 6.50. The van der Waals surface area contributed by atoms with Crippen LogP contribution in [0.3, 0.4) is 0 Å². The molecule has 11 heteroatoms. The van der Waals surface area contributed by atoms with Crippen LogP contribution in [0.1, 0.15) is 49.3 Å². The molecular weight excluding hydrogens is 505 g/mol. The Bertz CT molecular complexity index is 1350. The number of ketones is 1. The quantitative estimate of drug-likeness (QED) is 0.283. The first-order valence-electron chi connectivity index (χ1n) is 12.0. The molecule has 200 valence electrons. The number of nitro benzene ring substituents is 1. The molecule has 1 N–H and O–H groups in total. The summed E-state index contributed by atoms with van der Waals surface area (Å²) in [6, 6.07) is 8.58. The van der Waals surface area contributed by atoms with Crippen molar-refractivity contribution < 1.29 is 37.2 Å². The largest absolute Gasteiger partial charge is 0.482 e. The number of esters is 1. The number of benzene rings is 2. The van der Waals surface area contributed by atoms with E-state index in [-0.39, 0.29) is 42.3 Å². The zero-order chi connectivity index (χ0) is 27.6. The van der Waals surface area contributed by atoms with Gasteiger partial charge in [0.2, 0.25) is 0 Å².